The molecule has 0 fully saturated rings. The number of nitrogens with one attached hydrogen (secondary N) is 2. The molecule has 2 N–H and O–H groups in total. The van der Waals surface area contributed by atoms with Crippen LogP contribution in [0.1, 0.15) is 29.5 Å². The number of aromatic nitrogens is 5. The van der Waals surface area contributed by atoms with Gasteiger partial charge in [-0.05, 0) is 37.6 Å². The van der Waals surface area contributed by atoms with Crippen molar-refractivity contribution in [2.75, 3.05) is 20.3 Å². The molecule has 4 aromatic rings. The lowest BCUT2D eigenvalue weighted by molar-refractivity contribution is 0.0953. The van der Waals surface area contributed by atoms with E-state index in [1.54, 1.807) is 24.3 Å². The predicted octanol–water partition coefficient (Wildman–Crippen LogP) is 3.32. The Balaban J connectivity index is 1.58. The van der Waals surface area contributed by atoms with E-state index in [0.29, 0.717) is 47.7 Å². The summed E-state index contributed by atoms with van der Waals surface area (Å²) in [5.41, 5.74) is 1.97. The molecular formula is C23H23FN6O3. The van der Waals surface area contributed by atoms with Gasteiger partial charge in [0.15, 0.2) is 5.82 Å². The summed E-state index contributed by atoms with van der Waals surface area (Å²) < 4.78 is 24.9. The number of hydrogen-bond donors (Lipinski definition) is 2. The van der Waals surface area contributed by atoms with Crippen LogP contribution in [0.5, 0.6) is 11.6 Å². The second kappa shape index (κ2) is 10.0. The SMILES string of the molecule is CCOc1cc(-c2cnc(OC)c(F)c2)nc2cc(C(=O)NCCCc3nnc[nH]3)ccc12. The monoisotopic (exact) mass is 450 g/mol. The molecular weight excluding hydrogens is 427 g/mol. The van der Waals surface area contributed by atoms with Gasteiger partial charge in [0.25, 0.3) is 5.91 Å². The van der Waals surface area contributed by atoms with Crippen molar-refractivity contribution in [2.24, 2.45) is 0 Å². The minimum absolute atomic E-state index is 0.0909. The number of rotatable bonds is 9. The van der Waals surface area contributed by atoms with Gasteiger partial charge in [0, 0.05) is 41.7 Å². The number of hydrogen-bond acceptors (Lipinski definition) is 7. The third-order valence-corrected chi connectivity index (χ3v) is 4.97. The van der Waals surface area contributed by atoms with Crippen LogP contribution in [0, 0.1) is 5.82 Å². The highest BCUT2D eigenvalue weighted by molar-refractivity contribution is 5.99. The van der Waals surface area contributed by atoms with Gasteiger partial charge in [0.1, 0.15) is 17.9 Å². The number of carbonyl (C=O) groups excluding carboxylic acids is 1. The molecule has 1 amide bonds. The van der Waals surface area contributed by atoms with E-state index in [1.807, 2.05) is 6.92 Å². The molecule has 3 aromatic heterocycles. The lowest BCUT2D eigenvalue weighted by atomic mass is 10.1. The molecule has 0 bridgehead atoms. The molecule has 0 saturated carbocycles. The number of H-pyrrole nitrogens is 1. The fraction of sp³-hybridized carbons (Fsp3) is 0.261. The second-order valence-electron chi connectivity index (χ2n) is 7.18. The summed E-state index contributed by atoms with van der Waals surface area (Å²) in [5, 5.41) is 11.3. The van der Waals surface area contributed by atoms with Crippen molar-refractivity contribution in [2.45, 2.75) is 19.8 Å². The predicted molar refractivity (Wildman–Crippen MR) is 120 cm³/mol. The van der Waals surface area contributed by atoms with Crippen LogP contribution in [0.4, 0.5) is 4.39 Å². The second-order valence-corrected chi connectivity index (χ2v) is 7.18. The van der Waals surface area contributed by atoms with Crippen molar-refractivity contribution in [3.63, 3.8) is 0 Å². The van der Waals surface area contributed by atoms with Gasteiger partial charge in [-0.2, -0.15) is 0 Å². The normalized spacial score (nSPS) is 10.9. The van der Waals surface area contributed by atoms with Gasteiger partial charge < -0.3 is 19.8 Å². The van der Waals surface area contributed by atoms with Crippen LogP contribution in [0.3, 0.4) is 0 Å². The molecule has 170 valence electrons. The fourth-order valence-corrected chi connectivity index (χ4v) is 3.39. The molecule has 0 saturated heterocycles. The van der Waals surface area contributed by atoms with Gasteiger partial charge in [0.2, 0.25) is 5.88 Å². The van der Waals surface area contributed by atoms with Crippen LogP contribution in [0.2, 0.25) is 0 Å². The summed E-state index contributed by atoms with van der Waals surface area (Å²) in [6.07, 6.45) is 4.42. The number of ether oxygens (including phenoxy) is 2. The summed E-state index contributed by atoms with van der Waals surface area (Å²) in [6.45, 7) is 2.81. The number of halogens is 1. The van der Waals surface area contributed by atoms with Crippen molar-refractivity contribution in [1.29, 1.82) is 0 Å². The third kappa shape index (κ3) is 5.05. The zero-order chi connectivity index (χ0) is 23.2. The van der Waals surface area contributed by atoms with Crippen LogP contribution < -0.4 is 14.8 Å². The molecule has 3 heterocycles. The van der Waals surface area contributed by atoms with Crippen LogP contribution in [-0.2, 0) is 6.42 Å². The van der Waals surface area contributed by atoms with Crippen LogP contribution in [0.15, 0.2) is 42.9 Å². The van der Waals surface area contributed by atoms with E-state index in [1.165, 1.54) is 25.7 Å². The van der Waals surface area contributed by atoms with Crippen LogP contribution >= 0.6 is 0 Å². The van der Waals surface area contributed by atoms with Crippen molar-refractivity contribution in [3.05, 3.63) is 60.1 Å². The number of aryl methyl sites for hydroxylation is 1. The van der Waals surface area contributed by atoms with Gasteiger partial charge in [-0.25, -0.2) is 14.4 Å². The number of nitrogens with zero attached hydrogens (tertiary/aromatic N) is 4. The molecule has 10 heteroatoms. The van der Waals surface area contributed by atoms with Gasteiger partial charge in [-0.3, -0.25) is 4.79 Å². The number of benzene rings is 1. The van der Waals surface area contributed by atoms with Crippen molar-refractivity contribution in [1.82, 2.24) is 30.5 Å². The minimum Gasteiger partial charge on any atom is -0.493 e. The smallest absolute Gasteiger partial charge is 0.251 e. The topological polar surface area (TPSA) is 115 Å². The number of methoxy groups -OCH3 is 1. The van der Waals surface area contributed by atoms with E-state index in [-0.39, 0.29) is 11.8 Å². The number of pyridine rings is 2. The standard InChI is InChI=1S/C23H23FN6O3/c1-3-33-20-11-18(15-9-17(24)23(32-2)26-12-15)29-19-10-14(6-7-16(19)20)22(31)25-8-4-5-21-27-13-28-30-21/h6-7,9-13H,3-5,8H2,1-2H3,(H,25,31)(H,27,28,30). The molecule has 0 atom stereocenters. The first-order chi connectivity index (χ1) is 16.1. The Morgan fingerprint density at radius 2 is 2.12 bits per heavy atom. The number of amides is 1. The quantitative estimate of drug-likeness (QED) is 0.376. The molecule has 0 radical (unpaired) electrons. The Morgan fingerprint density at radius 3 is 2.85 bits per heavy atom. The molecule has 9 nitrogen and oxygen atoms in total. The fourth-order valence-electron chi connectivity index (χ4n) is 3.39. The Kier molecular flexibility index (Phi) is 6.72. The zero-order valence-corrected chi connectivity index (χ0v) is 18.3. The number of carbonyl (C=O) groups is 1. The van der Waals surface area contributed by atoms with E-state index in [2.05, 4.69) is 30.5 Å². The zero-order valence-electron chi connectivity index (χ0n) is 18.3. The summed E-state index contributed by atoms with van der Waals surface area (Å²) >= 11 is 0. The molecule has 33 heavy (non-hydrogen) atoms. The average Bonchev–Trinajstić information content (AvgIpc) is 3.35. The molecule has 0 unspecified atom stereocenters. The Hall–Kier alpha value is -4.08. The van der Waals surface area contributed by atoms with Crippen molar-refractivity contribution < 1.29 is 18.7 Å². The highest BCUT2D eigenvalue weighted by atomic mass is 19.1. The summed E-state index contributed by atoms with van der Waals surface area (Å²) in [4.78, 5) is 24.2. The lowest BCUT2D eigenvalue weighted by Gasteiger charge is -2.12. The molecule has 1 aromatic carbocycles. The van der Waals surface area contributed by atoms with Crippen molar-refractivity contribution >= 4 is 16.8 Å². The number of fused-ring (bicyclic) bond motifs is 1. The van der Waals surface area contributed by atoms with Gasteiger partial charge >= 0.3 is 0 Å². The molecule has 0 aliphatic carbocycles. The maximum atomic E-state index is 14.2. The van der Waals surface area contributed by atoms with E-state index in [9.17, 15) is 9.18 Å². The summed E-state index contributed by atoms with van der Waals surface area (Å²) in [6, 6.07) is 8.26. The lowest BCUT2D eigenvalue weighted by Crippen LogP contribution is -2.24. The maximum Gasteiger partial charge on any atom is 0.251 e. The van der Waals surface area contributed by atoms with E-state index in [4.69, 9.17) is 9.47 Å². The summed E-state index contributed by atoms with van der Waals surface area (Å²) in [5.74, 6) is 0.476. The van der Waals surface area contributed by atoms with Gasteiger partial charge in [0.05, 0.1) is 24.9 Å². The van der Waals surface area contributed by atoms with Crippen LogP contribution in [0.25, 0.3) is 22.2 Å². The first-order valence-electron chi connectivity index (χ1n) is 10.5. The largest absolute Gasteiger partial charge is 0.493 e. The first-order valence-corrected chi connectivity index (χ1v) is 10.5. The molecule has 0 aliphatic heterocycles. The maximum absolute atomic E-state index is 14.2. The molecule has 0 spiro atoms. The molecule has 4 rings (SSSR count). The van der Waals surface area contributed by atoms with Gasteiger partial charge in [-0.15, -0.1) is 10.2 Å². The average molecular weight is 450 g/mol. The van der Waals surface area contributed by atoms with Gasteiger partial charge in [-0.1, -0.05) is 0 Å². The Morgan fingerprint density at radius 1 is 1.24 bits per heavy atom. The van der Waals surface area contributed by atoms with E-state index >= 15 is 0 Å². The number of aromatic amines is 1. The Bertz CT molecular complexity index is 1260. The highest BCUT2D eigenvalue weighted by Crippen LogP contribution is 2.31. The summed E-state index contributed by atoms with van der Waals surface area (Å²) in [7, 11) is 1.35. The third-order valence-electron chi connectivity index (χ3n) is 4.97. The van der Waals surface area contributed by atoms with Crippen LogP contribution in [-0.4, -0.2) is 51.3 Å². The first kappa shape index (κ1) is 22.1. The Labute approximate surface area is 189 Å². The van der Waals surface area contributed by atoms with Crippen molar-refractivity contribution in [3.8, 4) is 22.9 Å². The minimum atomic E-state index is -0.590. The van der Waals surface area contributed by atoms with E-state index < -0.39 is 5.82 Å². The highest BCUT2D eigenvalue weighted by Gasteiger charge is 2.14. The molecule has 0 aliphatic rings. The van der Waals surface area contributed by atoms with E-state index in [0.717, 1.165) is 17.6 Å².